The van der Waals surface area contributed by atoms with Crippen molar-refractivity contribution in [2.24, 2.45) is 4.99 Å². The minimum atomic E-state index is 0. The molecule has 1 aliphatic carbocycles. The number of piperazine rings is 1. The summed E-state index contributed by atoms with van der Waals surface area (Å²) in [7, 11) is 1.88. The second-order valence-electron chi connectivity index (χ2n) is 6.91. The average Bonchev–Trinajstić information content (AvgIpc) is 3.19. The Morgan fingerprint density at radius 1 is 1.12 bits per heavy atom. The monoisotopic (exact) mass is 472 g/mol. The van der Waals surface area contributed by atoms with Crippen LogP contribution in [0.15, 0.2) is 35.3 Å². The molecule has 0 spiro atoms. The number of guanidine groups is 1. The molecular weight excluding hydrogens is 439 g/mol. The Labute approximate surface area is 175 Å². The van der Waals surface area contributed by atoms with E-state index in [0.29, 0.717) is 6.10 Å². The first-order chi connectivity index (χ1) is 12.4. The Morgan fingerprint density at radius 3 is 2.46 bits per heavy atom. The fourth-order valence-electron chi connectivity index (χ4n) is 3.72. The van der Waals surface area contributed by atoms with Crippen LogP contribution in [-0.2, 0) is 4.74 Å². The fraction of sp³-hybridized carbons (Fsp3) is 0.650. The maximum atomic E-state index is 5.93. The fourth-order valence-corrected chi connectivity index (χ4v) is 3.72. The van der Waals surface area contributed by atoms with Crippen molar-refractivity contribution in [3.05, 3.63) is 30.3 Å². The first kappa shape index (κ1) is 21.3. The molecule has 1 aromatic rings. The predicted octanol–water partition coefficient (Wildman–Crippen LogP) is 3.35. The first-order valence-corrected chi connectivity index (χ1v) is 9.74. The molecule has 1 aliphatic heterocycles. The van der Waals surface area contributed by atoms with Crippen molar-refractivity contribution in [1.29, 1.82) is 0 Å². The normalized spacial score (nSPS) is 18.7. The third-order valence-electron chi connectivity index (χ3n) is 5.17. The van der Waals surface area contributed by atoms with E-state index in [2.05, 4.69) is 50.4 Å². The van der Waals surface area contributed by atoms with Crippen LogP contribution < -0.4 is 10.2 Å². The van der Waals surface area contributed by atoms with E-state index >= 15 is 0 Å². The molecule has 1 saturated carbocycles. The summed E-state index contributed by atoms with van der Waals surface area (Å²) in [5.41, 5.74) is 1.31. The zero-order chi connectivity index (χ0) is 17.3. The second-order valence-corrected chi connectivity index (χ2v) is 6.91. The lowest BCUT2D eigenvalue weighted by Gasteiger charge is -2.37. The number of aliphatic imine (C=N–C) groups is 1. The van der Waals surface area contributed by atoms with Gasteiger partial charge in [0.1, 0.15) is 0 Å². The van der Waals surface area contributed by atoms with Crippen molar-refractivity contribution >= 4 is 35.6 Å². The highest BCUT2D eigenvalue weighted by Gasteiger charge is 2.19. The molecule has 0 bridgehead atoms. The Bertz CT molecular complexity index is 526. The van der Waals surface area contributed by atoms with Crippen molar-refractivity contribution in [2.45, 2.75) is 38.2 Å². The standard InChI is InChI=1S/C20H32N4O.HI/c1-21-20(22-12-7-17-25-19-10-5-6-11-19)24-15-13-23(14-16-24)18-8-3-2-4-9-18;/h2-4,8-9,19H,5-7,10-17H2,1H3,(H,21,22);1H. The van der Waals surface area contributed by atoms with Crippen LogP contribution >= 0.6 is 24.0 Å². The molecule has 1 saturated heterocycles. The maximum Gasteiger partial charge on any atom is 0.193 e. The number of hydrogen-bond donors (Lipinski definition) is 1. The lowest BCUT2D eigenvalue weighted by molar-refractivity contribution is 0.0573. The van der Waals surface area contributed by atoms with Crippen LogP contribution in [0.3, 0.4) is 0 Å². The van der Waals surface area contributed by atoms with Gasteiger partial charge in [-0.15, -0.1) is 24.0 Å². The summed E-state index contributed by atoms with van der Waals surface area (Å²) in [5.74, 6) is 1.02. The topological polar surface area (TPSA) is 40.1 Å². The number of halogens is 1. The second kappa shape index (κ2) is 11.6. The van der Waals surface area contributed by atoms with Gasteiger partial charge >= 0.3 is 0 Å². The summed E-state index contributed by atoms with van der Waals surface area (Å²) in [6, 6.07) is 10.7. The summed E-state index contributed by atoms with van der Waals surface area (Å²) in [6.45, 7) is 5.88. The van der Waals surface area contributed by atoms with Gasteiger partial charge in [-0.3, -0.25) is 4.99 Å². The van der Waals surface area contributed by atoms with E-state index in [1.54, 1.807) is 0 Å². The Balaban J connectivity index is 0.00000243. The van der Waals surface area contributed by atoms with Gasteiger partial charge < -0.3 is 19.9 Å². The zero-order valence-corrected chi connectivity index (χ0v) is 18.2. The lowest BCUT2D eigenvalue weighted by Crippen LogP contribution is -2.52. The summed E-state index contributed by atoms with van der Waals surface area (Å²) in [4.78, 5) is 9.26. The highest BCUT2D eigenvalue weighted by Crippen LogP contribution is 2.20. The summed E-state index contributed by atoms with van der Waals surface area (Å²) < 4.78 is 5.93. The zero-order valence-electron chi connectivity index (χ0n) is 15.9. The molecule has 1 N–H and O–H groups in total. The largest absolute Gasteiger partial charge is 0.378 e. The minimum absolute atomic E-state index is 0. The number of ether oxygens (including phenoxy) is 1. The smallest absolute Gasteiger partial charge is 0.193 e. The van der Waals surface area contributed by atoms with Crippen LogP contribution in [0.2, 0.25) is 0 Å². The number of benzene rings is 1. The molecule has 6 heteroatoms. The van der Waals surface area contributed by atoms with Gasteiger partial charge in [0, 0.05) is 52.1 Å². The molecule has 0 amide bonds. The van der Waals surface area contributed by atoms with Crippen LogP contribution in [0, 0.1) is 0 Å². The van der Waals surface area contributed by atoms with E-state index in [0.717, 1.165) is 51.7 Å². The van der Waals surface area contributed by atoms with E-state index < -0.39 is 0 Å². The molecule has 1 aromatic carbocycles. The van der Waals surface area contributed by atoms with Gasteiger partial charge in [-0.1, -0.05) is 31.0 Å². The molecule has 0 radical (unpaired) electrons. The van der Waals surface area contributed by atoms with E-state index in [1.165, 1.54) is 31.4 Å². The highest BCUT2D eigenvalue weighted by molar-refractivity contribution is 14.0. The van der Waals surface area contributed by atoms with Crippen LogP contribution in [0.1, 0.15) is 32.1 Å². The van der Waals surface area contributed by atoms with Gasteiger partial charge in [-0.05, 0) is 31.4 Å². The number of anilines is 1. The van der Waals surface area contributed by atoms with Crippen LogP contribution in [-0.4, -0.2) is 63.3 Å². The van der Waals surface area contributed by atoms with Crippen LogP contribution in [0.25, 0.3) is 0 Å². The van der Waals surface area contributed by atoms with E-state index in [1.807, 2.05) is 7.05 Å². The molecule has 0 unspecified atom stereocenters. The van der Waals surface area contributed by atoms with Crippen molar-refractivity contribution in [3.8, 4) is 0 Å². The number of rotatable bonds is 6. The van der Waals surface area contributed by atoms with Gasteiger partial charge in [0.15, 0.2) is 5.96 Å². The quantitative estimate of drug-likeness (QED) is 0.299. The van der Waals surface area contributed by atoms with Crippen molar-refractivity contribution in [1.82, 2.24) is 10.2 Å². The molecule has 0 atom stereocenters. The van der Waals surface area contributed by atoms with Crippen LogP contribution in [0.5, 0.6) is 0 Å². The lowest BCUT2D eigenvalue weighted by atomic mass is 10.2. The van der Waals surface area contributed by atoms with Crippen molar-refractivity contribution in [3.63, 3.8) is 0 Å². The highest BCUT2D eigenvalue weighted by atomic mass is 127. The van der Waals surface area contributed by atoms with Gasteiger partial charge in [0.2, 0.25) is 0 Å². The minimum Gasteiger partial charge on any atom is -0.378 e. The maximum absolute atomic E-state index is 5.93. The predicted molar refractivity (Wildman–Crippen MR) is 120 cm³/mol. The first-order valence-electron chi connectivity index (χ1n) is 9.74. The SMILES string of the molecule is CN=C(NCCCOC1CCCC1)N1CCN(c2ccccc2)CC1.I. The number of hydrogen-bond acceptors (Lipinski definition) is 3. The third-order valence-corrected chi connectivity index (χ3v) is 5.17. The molecule has 5 nitrogen and oxygen atoms in total. The molecular formula is C20H33IN4O. The van der Waals surface area contributed by atoms with Gasteiger partial charge in [-0.25, -0.2) is 0 Å². The number of nitrogens with zero attached hydrogens (tertiary/aromatic N) is 3. The average molecular weight is 472 g/mol. The van der Waals surface area contributed by atoms with E-state index in [9.17, 15) is 0 Å². The molecule has 146 valence electrons. The van der Waals surface area contributed by atoms with E-state index in [-0.39, 0.29) is 24.0 Å². The van der Waals surface area contributed by atoms with Gasteiger partial charge in [0.25, 0.3) is 0 Å². The Kier molecular flexibility index (Phi) is 9.53. The van der Waals surface area contributed by atoms with Crippen molar-refractivity contribution < 1.29 is 4.74 Å². The summed E-state index contributed by atoms with van der Waals surface area (Å²) in [6.07, 6.45) is 6.74. The van der Waals surface area contributed by atoms with E-state index in [4.69, 9.17) is 4.74 Å². The van der Waals surface area contributed by atoms with Gasteiger partial charge in [0.05, 0.1) is 6.10 Å². The Morgan fingerprint density at radius 2 is 1.81 bits per heavy atom. The Hall–Kier alpha value is -1.02. The molecule has 26 heavy (non-hydrogen) atoms. The molecule has 1 heterocycles. The molecule has 3 rings (SSSR count). The van der Waals surface area contributed by atoms with Crippen molar-refractivity contribution in [2.75, 3.05) is 51.3 Å². The summed E-state index contributed by atoms with van der Waals surface area (Å²) >= 11 is 0. The molecule has 2 fully saturated rings. The molecule has 0 aromatic heterocycles. The molecule has 2 aliphatic rings. The number of nitrogens with one attached hydrogen (secondary N) is 1. The third kappa shape index (κ3) is 6.30. The summed E-state index contributed by atoms with van der Waals surface area (Å²) in [5, 5.41) is 3.50. The van der Waals surface area contributed by atoms with Gasteiger partial charge in [-0.2, -0.15) is 0 Å². The number of para-hydroxylation sites is 1. The van der Waals surface area contributed by atoms with Crippen LogP contribution in [0.4, 0.5) is 5.69 Å².